The van der Waals surface area contributed by atoms with E-state index in [0.29, 0.717) is 18.7 Å². The minimum Gasteiger partial charge on any atom is -0.388 e. The molecule has 1 aliphatic heterocycles. The van der Waals surface area contributed by atoms with Gasteiger partial charge in [-0.25, -0.2) is 4.39 Å². The predicted molar refractivity (Wildman–Crippen MR) is 91.2 cm³/mol. The Morgan fingerprint density at radius 2 is 1.75 bits per heavy atom. The minimum absolute atomic E-state index is 0.0191. The molecule has 1 unspecified atom stereocenters. The van der Waals surface area contributed by atoms with Crippen molar-refractivity contribution in [1.29, 1.82) is 0 Å². The number of hydrogen-bond acceptors (Lipinski definition) is 3. The molecule has 0 aromatic heterocycles. The number of hydrogen-bond donors (Lipinski definition) is 1. The maximum atomic E-state index is 13.2. The van der Waals surface area contributed by atoms with E-state index in [1.165, 1.54) is 18.2 Å². The minimum atomic E-state index is -0.972. The maximum absolute atomic E-state index is 13.2. The predicted octanol–water partition coefficient (Wildman–Crippen LogP) is 2.60. The quantitative estimate of drug-likeness (QED) is 0.938. The third-order valence-corrected chi connectivity index (χ3v) is 4.36. The summed E-state index contributed by atoms with van der Waals surface area (Å²) in [6.07, 6.45) is -0.991. The van der Waals surface area contributed by atoms with Crippen LogP contribution in [0.25, 0.3) is 0 Å². The molecule has 1 amide bonds. The highest BCUT2D eigenvalue weighted by atomic mass is 19.1. The molecule has 1 fully saturated rings. The van der Waals surface area contributed by atoms with Crippen molar-refractivity contribution in [2.24, 2.45) is 0 Å². The number of halogens is 1. The molecular formula is C19H21FN2O2. The third kappa shape index (κ3) is 3.92. The summed E-state index contributed by atoms with van der Waals surface area (Å²) in [5.41, 5.74) is 1.59. The Morgan fingerprint density at radius 3 is 2.42 bits per heavy atom. The van der Waals surface area contributed by atoms with E-state index in [9.17, 15) is 14.3 Å². The van der Waals surface area contributed by atoms with Crippen LogP contribution in [-0.2, 0) is 4.79 Å². The average molecular weight is 328 g/mol. The van der Waals surface area contributed by atoms with E-state index < -0.39 is 11.9 Å². The van der Waals surface area contributed by atoms with Gasteiger partial charge in [0.2, 0.25) is 5.91 Å². The molecule has 2 aromatic carbocycles. The van der Waals surface area contributed by atoms with E-state index >= 15 is 0 Å². The van der Waals surface area contributed by atoms with E-state index in [1.807, 2.05) is 18.2 Å². The SMILES string of the molecule is O=C(CC(O)c1cccc(F)c1)N1CCN(c2ccccc2)CC1. The van der Waals surface area contributed by atoms with Gasteiger partial charge in [-0.05, 0) is 29.8 Å². The molecule has 1 heterocycles. The van der Waals surface area contributed by atoms with Crippen molar-refractivity contribution in [1.82, 2.24) is 4.90 Å². The van der Waals surface area contributed by atoms with E-state index in [0.717, 1.165) is 18.8 Å². The standard InChI is InChI=1S/C19H21FN2O2/c20-16-6-4-5-15(13-16)18(23)14-19(24)22-11-9-21(10-12-22)17-7-2-1-3-8-17/h1-8,13,18,23H,9-12,14H2. The van der Waals surface area contributed by atoms with Crippen molar-refractivity contribution >= 4 is 11.6 Å². The van der Waals surface area contributed by atoms with Gasteiger partial charge in [-0.15, -0.1) is 0 Å². The van der Waals surface area contributed by atoms with Gasteiger partial charge in [-0.1, -0.05) is 30.3 Å². The van der Waals surface area contributed by atoms with E-state index in [4.69, 9.17) is 0 Å². The second-order valence-electron chi connectivity index (χ2n) is 5.98. The maximum Gasteiger partial charge on any atom is 0.225 e. The molecule has 2 aromatic rings. The van der Waals surface area contributed by atoms with Crippen LogP contribution < -0.4 is 4.90 Å². The lowest BCUT2D eigenvalue weighted by atomic mass is 10.1. The Balaban J connectivity index is 1.54. The molecule has 0 aliphatic carbocycles. The van der Waals surface area contributed by atoms with Gasteiger partial charge >= 0.3 is 0 Å². The van der Waals surface area contributed by atoms with Crippen molar-refractivity contribution in [2.75, 3.05) is 31.1 Å². The van der Waals surface area contributed by atoms with Crippen LogP contribution in [0.5, 0.6) is 0 Å². The molecule has 4 nitrogen and oxygen atoms in total. The van der Waals surface area contributed by atoms with Crippen LogP contribution in [0.15, 0.2) is 54.6 Å². The molecule has 0 bridgehead atoms. The Hall–Kier alpha value is -2.40. The van der Waals surface area contributed by atoms with Crippen molar-refractivity contribution in [3.63, 3.8) is 0 Å². The summed E-state index contributed by atoms with van der Waals surface area (Å²) in [6.45, 7) is 2.80. The zero-order valence-electron chi connectivity index (χ0n) is 13.4. The molecule has 1 aliphatic rings. The fraction of sp³-hybridized carbons (Fsp3) is 0.316. The molecule has 5 heteroatoms. The number of anilines is 1. The highest BCUT2D eigenvalue weighted by Crippen LogP contribution is 2.20. The van der Waals surface area contributed by atoms with Gasteiger partial charge in [0.15, 0.2) is 0 Å². The van der Waals surface area contributed by atoms with Gasteiger partial charge in [-0.3, -0.25) is 4.79 Å². The van der Waals surface area contributed by atoms with E-state index in [2.05, 4.69) is 17.0 Å². The van der Waals surface area contributed by atoms with Crippen LogP contribution in [0.3, 0.4) is 0 Å². The summed E-state index contributed by atoms with van der Waals surface area (Å²) in [7, 11) is 0. The Kier molecular flexibility index (Phi) is 5.11. The Morgan fingerprint density at radius 1 is 1.04 bits per heavy atom. The summed E-state index contributed by atoms with van der Waals surface area (Å²) < 4.78 is 13.2. The molecule has 24 heavy (non-hydrogen) atoms. The second kappa shape index (κ2) is 7.45. The second-order valence-corrected chi connectivity index (χ2v) is 5.98. The number of piperazine rings is 1. The van der Waals surface area contributed by atoms with Crippen LogP contribution in [-0.4, -0.2) is 42.1 Å². The number of nitrogens with zero attached hydrogens (tertiary/aromatic N) is 2. The van der Waals surface area contributed by atoms with Gasteiger partial charge in [0.05, 0.1) is 12.5 Å². The third-order valence-electron chi connectivity index (χ3n) is 4.36. The molecule has 126 valence electrons. The molecular weight excluding hydrogens is 307 g/mol. The summed E-state index contributed by atoms with van der Waals surface area (Å²) in [6, 6.07) is 15.9. The summed E-state index contributed by atoms with van der Waals surface area (Å²) in [5.74, 6) is -0.505. The number of rotatable bonds is 4. The smallest absolute Gasteiger partial charge is 0.225 e. The van der Waals surface area contributed by atoms with Crippen LogP contribution in [0.1, 0.15) is 18.1 Å². The van der Waals surface area contributed by atoms with Crippen LogP contribution in [0.4, 0.5) is 10.1 Å². The zero-order valence-corrected chi connectivity index (χ0v) is 13.4. The lowest BCUT2D eigenvalue weighted by Crippen LogP contribution is -2.49. The average Bonchev–Trinajstić information content (AvgIpc) is 2.62. The van der Waals surface area contributed by atoms with Crippen molar-refractivity contribution in [3.05, 3.63) is 66.0 Å². The van der Waals surface area contributed by atoms with Gasteiger partial charge in [-0.2, -0.15) is 0 Å². The Labute approximate surface area is 141 Å². The molecule has 1 N–H and O–H groups in total. The fourth-order valence-corrected chi connectivity index (χ4v) is 2.98. The number of carbonyl (C=O) groups excluding carboxylic acids is 1. The van der Waals surface area contributed by atoms with Crippen LogP contribution >= 0.6 is 0 Å². The monoisotopic (exact) mass is 328 g/mol. The zero-order chi connectivity index (χ0) is 16.9. The van der Waals surface area contributed by atoms with E-state index in [1.54, 1.807) is 11.0 Å². The van der Waals surface area contributed by atoms with E-state index in [-0.39, 0.29) is 12.3 Å². The molecule has 0 saturated carbocycles. The Bertz CT molecular complexity index is 685. The highest BCUT2D eigenvalue weighted by molar-refractivity contribution is 5.77. The van der Waals surface area contributed by atoms with Gasteiger partial charge in [0.25, 0.3) is 0 Å². The van der Waals surface area contributed by atoms with Gasteiger partial charge < -0.3 is 14.9 Å². The molecule has 3 rings (SSSR count). The van der Waals surface area contributed by atoms with Crippen LogP contribution in [0.2, 0.25) is 0 Å². The van der Waals surface area contributed by atoms with Crippen molar-refractivity contribution < 1.29 is 14.3 Å². The van der Waals surface area contributed by atoms with Gasteiger partial charge in [0.1, 0.15) is 5.82 Å². The number of benzene rings is 2. The number of carbonyl (C=O) groups is 1. The first-order valence-corrected chi connectivity index (χ1v) is 8.15. The summed E-state index contributed by atoms with van der Waals surface area (Å²) in [4.78, 5) is 16.4. The lowest BCUT2D eigenvalue weighted by Gasteiger charge is -2.36. The molecule has 1 atom stereocenters. The van der Waals surface area contributed by atoms with Crippen molar-refractivity contribution in [2.45, 2.75) is 12.5 Å². The number of aliphatic hydroxyl groups is 1. The lowest BCUT2D eigenvalue weighted by molar-refractivity contribution is -0.133. The summed E-state index contributed by atoms with van der Waals surface area (Å²) in [5, 5.41) is 10.2. The number of para-hydroxylation sites is 1. The largest absolute Gasteiger partial charge is 0.388 e. The van der Waals surface area contributed by atoms with Gasteiger partial charge in [0, 0.05) is 31.9 Å². The molecule has 1 saturated heterocycles. The first-order valence-electron chi connectivity index (χ1n) is 8.15. The number of aliphatic hydroxyl groups excluding tert-OH is 1. The highest BCUT2D eigenvalue weighted by Gasteiger charge is 2.23. The molecule has 0 radical (unpaired) electrons. The summed E-state index contributed by atoms with van der Waals surface area (Å²) >= 11 is 0. The normalized spacial score (nSPS) is 16.1. The first-order chi connectivity index (χ1) is 11.6. The first kappa shape index (κ1) is 16.5. The van der Waals surface area contributed by atoms with Crippen LogP contribution in [0, 0.1) is 5.82 Å². The fourth-order valence-electron chi connectivity index (χ4n) is 2.98. The number of amides is 1. The van der Waals surface area contributed by atoms with Crippen molar-refractivity contribution in [3.8, 4) is 0 Å². The molecule has 0 spiro atoms. The topological polar surface area (TPSA) is 43.8 Å².